The number of carbonyl (C=O) groups is 1. The van der Waals surface area contributed by atoms with Gasteiger partial charge >= 0.3 is 0 Å². The van der Waals surface area contributed by atoms with E-state index in [1.54, 1.807) is 20.3 Å². The van der Waals surface area contributed by atoms with Gasteiger partial charge in [-0.3, -0.25) is 14.7 Å². The van der Waals surface area contributed by atoms with E-state index >= 15 is 0 Å². The van der Waals surface area contributed by atoms with Crippen LogP contribution in [0.3, 0.4) is 0 Å². The quantitative estimate of drug-likeness (QED) is 0.728. The zero-order chi connectivity index (χ0) is 20.6. The third kappa shape index (κ3) is 6.19. The maximum absolute atomic E-state index is 12.4. The summed E-state index contributed by atoms with van der Waals surface area (Å²) >= 11 is 0. The molecule has 1 aliphatic rings. The van der Waals surface area contributed by atoms with Gasteiger partial charge in [0.1, 0.15) is 11.5 Å². The number of piperidine rings is 1. The second-order valence-corrected chi connectivity index (χ2v) is 7.64. The molecule has 1 aromatic carbocycles. The first-order chi connectivity index (χ1) is 14.1. The van der Waals surface area contributed by atoms with Crippen LogP contribution in [0.5, 0.6) is 11.5 Å². The molecule has 0 unspecified atom stereocenters. The Morgan fingerprint density at radius 2 is 1.97 bits per heavy atom. The van der Waals surface area contributed by atoms with Gasteiger partial charge in [-0.1, -0.05) is 6.07 Å². The first-order valence-corrected chi connectivity index (χ1v) is 10.2. The molecule has 0 spiro atoms. The van der Waals surface area contributed by atoms with E-state index in [9.17, 15) is 4.79 Å². The molecule has 1 N–H and O–H groups in total. The van der Waals surface area contributed by atoms with Crippen molar-refractivity contribution in [2.45, 2.75) is 39.2 Å². The lowest BCUT2D eigenvalue weighted by Gasteiger charge is -2.31. The van der Waals surface area contributed by atoms with Crippen molar-refractivity contribution in [1.82, 2.24) is 9.88 Å². The fourth-order valence-electron chi connectivity index (χ4n) is 3.80. The Balaban J connectivity index is 1.41. The average molecular weight is 398 g/mol. The van der Waals surface area contributed by atoms with E-state index in [0.717, 1.165) is 50.3 Å². The third-order valence-corrected chi connectivity index (χ3v) is 5.50. The van der Waals surface area contributed by atoms with Crippen molar-refractivity contribution >= 4 is 11.6 Å². The average Bonchev–Trinajstić information content (AvgIpc) is 2.73. The number of hydrogen-bond acceptors (Lipinski definition) is 5. The molecule has 6 heteroatoms. The summed E-state index contributed by atoms with van der Waals surface area (Å²) in [5.41, 5.74) is 2.88. The molecule has 0 bridgehead atoms. The van der Waals surface area contributed by atoms with Crippen LogP contribution < -0.4 is 14.8 Å². The zero-order valence-corrected chi connectivity index (χ0v) is 17.6. The molecular formula is C23H31N3O3. The van der Waals surface area contributed by atoms with Crippen LogP contribution in [0, 0.1) is 12.8 Å². The Morgan fingerprint density at radius 1 is 1.17 bits per heavy atom. The van der Waals surface area contributed by atoms with E-state index in [0.29, 0.717) is 29.5 Å². The molecule has 29 heavy (non-hydrogen) atoms. The Kier molecular flexibility index (Phi) is 7.47. The molecule has 1 aliphatic heterocycles. The Morgan fingerprint density at radius 3 is 2.66 bits per heavy atom. The number of aromatic nitrogens is 1. The van der Waals surface area contributed by atoms with Gasteiger partial charge < -0.3 is 14.8 Å². The van der Waals surface area contributed by atoms with Crippen LogP contribution in [-0.2, 0) is 11.3 Å². The van der Waals surface area contributed by atoms with Crippen LogP contribution in [-0.4, -0.2) is 43.1 Å². The fraction of sp³-hybridized carbons (Fsp3) is 0.478. The van der Waals surface area contributed by atoms with E-state index in [1.807, 2.05) is 25.1 Å². The topological polar surface area (TPSA) is 63.7 Å². The maximum atomic E-state index is 12.4. The van der Waals surface area contributed by atoms with E-state index in [2.05, 4.69) is 27.3 Å². The van der Waals surface area contributed by atoms with E-state index < -0.39 is 0 Å². The number of nitrogens with zero attached hydrogens (tertiary/aromatic N) is 2. The van der Waals surface area contributed by atoms with Crippen LogP contribution in [0.1, 0.15) is 37.1 Å². The summed E-state index contributed by atoms with van der Waals surface area (Å²) in [5.74, 6) is 1.93. The molecule has 6 nitrogen and oxygen atoms in total. The van der Waals surface area contributed by atoms with Gasteiger partial charge in [-0.05, 0) is 69.5 Å². The molecule has 0 aliphatic carbocycles. The van der Waals surface area contributed by atoms with Crippen molar-refractivity contribution in [3.8, 4) is 11.5 Å². The SMILES string of the molecule is COc1ccc(NC(=O)CCC2CCN(Cc3cccc(C)n3)CC2)c(OC)c1. The maximum Gasteiger partial charge on any atom is 0.224 e. The zero-order valence-electron chi connectivity index (χ0n) is 17.6. The van der Waals surface area contributed by atoms with Gasteiger partial charge in [-0.15, -0.1) is 0 Å². The Bertz CT molecular complexity index is 817. The van der Waals surface area contributed by atoms with Crippen molar-refractivity contribution in [2.24, 2.45) is 5.92 Å². The molecule has 1 fully saturated rings. The summed E-state index contributed by atoms with van der Waals surface area (Å²) in [5, 5.41) is 2.96. The molecule has 2 aromatic rings. The third-order valence-electron chi connectivity index (χ3n) is 5.50. The Hall–Kier alpha value is -2.60. The number of nitrogens with one attached hydrogen (secondary N) is 1. The van der Waals surface area contributed by atoms with Gasteiger partial charge in [0, 0.05) is 24.7 Å². The van der Waals surface area contributed by atoms with Gasteiger partial charge in [0.2, 0.25) is 5.91 Å². The first kappa shape index (κ1) is 21.1. The van der Waals surface area contributed by atoms with Crippen LogP contribution in [0.15, 0.2) is 36.4 Å². The van der Waals surface area contributed by atoms with Crippen molar-refractivity contribution in [2.75, 3.05) is 32.6 Å². The number of anilines is 1. The predicted molar refractivity (Wildman–Crippen MR) is 114 cm³/mol. The summed E-state index contributed by atoms with van der Waals surface area (Å²) in [7, 11) is 3.19. The van der Waals surface area contributed by atoms with Gasteiger partial charge in [-0.25, -0.2) is 0 Å². The number of rotatable bonds is 8. The summed E-state index contributed by atoms with van der Waals surface area (Å²) in [4.78, 5) is 19.5. The van der Waals surface area contributed by atoms with Crippen LogP contribution >= 0.6 is 0 Å². The lowest BCUT2D eigenvalue weighted by atomic mass is 9.92. The predicted octanol–water partition coefficient (Wildman–Crippen LogP) is 4.04. The number of hydrogen-bond donors (Lipinski definition) is 1. The van der Waals surface area contributed by atoms with Crippen LogP contribution in [0.4, 0.5) is 5.69 Å². The van der Waals surface area contributed by atoms with E-state index in [-0.39, 0.29) is 5.91 Å². The first-order valence-electron chi connectivity index (χ1n) is 10.2. The molecule has 2 heterocycles. The molecular weight excluding hydrogens is 366 g/mol. The summed E-state index contributed by atoms with van der Waals surface area (Å²) < 4.78 is 10.5. The highest BCUT2D eigenvalue weighted by atomic mass is 16.5. The summed E-state index contributed by atoms with van der Waals surface area (Å²) in [6.45, 7) is 5.07. The summed E-state index contributed by atoms with van der Waals surface area (Å²) in [6.07, 6.45) is 3.70. The van der Waals surface area contributed by atoms with Crippen molar-refractivity contribution in [3.63, 3.8) is 0 Å². The van der Waals surface area contributed by atoms with Crippen LogP contribution in [0.25, 0.3) is 0 Å². The Labute approximate surface area is 173 Å². The highest BCUT2D eigenvalue weighted by Crippen LogP contribution is 2.29. The highest BCUT2D eigenvalue weighted by Gasteiger charge is 2.20. The van der Waals surface area contributed by atoms with Gasteiger partial charge in [-0.2, -0.15) is 0 Å². The van der Waals surface area contributed by atoms with Crippen molar-refractivity contribution in [1.29, 1.82) is 0 Å². The number of likely N-dealkylation sites (tertiary alicyclic amines) is 1. The fourth-order valence-corrected chi connectivity index (χ4v) is 3.80. The second-order valence-electron chi connectivity index (χ2n) is 7.64. The summed E-state index contributed by atoms with van der Waals surface area (Å²) in [6, 6.07) is 11.6. The molecule has 0 atom stereocenters. The molecule has 0 radical (unpaired) electrons. The van der Waals surface area contributed by atoms with Crippen LogP contribution in [0.2, 0.25) is 0 Å². The number of methoxy groups -OCH3 is 2. The second kappa shape index (κ2) is 10.3. The molecule has 1 aromatic heterocycles. The van der Waals surface area contributed by atoms with E-state index in [1.165, 1.54) is 0 Å². The molecule has 1 amide bonds. The highest BCUT2D eigenvalue weighted by molar-refractivity contribution is 5.92. The molecule has 1 saturated heterocycles. The number of carbonyl (C=O) groups excluding carboxylic acids is 1. The lowest BCUT2D eigenvalue weighted by Crippen LogP contribution is -2.33. The minimum Gasteiger partial charge on any atom is -0.497 e. The minimum atomic E-state index is 0.0276. The number of pyridine rings is 1. The minimum absolute atomic E-state index is 0.0276. The number of aryl methyl sites for hydroxylation is 1. The van der Waals surface area contributed by atoms with Crippen molar-refractivity contribution < 1.29 is 14.3 Å². The largest absolute Gasteiger partial charge is 0.497 e. The van der Waals surface area contributed by atoms with Gasteiger partial charge in [0.05, 0.1) is 25.6 Å². The number of benzene rings is 1. The number of ether oxygens (including phenoxy) is 2. The van der Waals surface area contributed by atoms with Gasteiger partial charge in [0.15, 0.2) is 0 Å². The number of amides is 1. The standard InChI is InChI=1S/C23H31N3O3/c1-17-5-4-6-19(24-17)16-26-13-11-18(12-14-26)7-10-23(27)25-21-9-8-20(28-2)15-22(21)29-3/h4-6,8-9,15,18H,7,10-14,16H2,1-3H3,(H,25,27). The molecule has 156 valence electrons. The molecule has 0 saturated carbocycles. The normalized spacial score (nSPS) is 15.1. The van der Waals surface area contributed by atoms with Gasteiger partial charge in [0.25, 0.3) is 0 Å². The molecule has 3 rings (SSSR count). The van der Waals surface area contributed by atoms with E-state index in [4.69, 9.17) is 9.47 Å². The van der Waals surface area contributed by atoms with Crippen molar-refractivity contribution in [3.05, 3.63) is 47.8 Å². The lowest BCUT2D eigenvalue weighted by molar-refractivity contribution is -0.116. The monoisotopic (exact) mass is 397 g/mol. The smallest absolute Gasteiger partial charge is 0.224 e.